The lowest BCUT2D eigenvalue weighted by molar-refractivity contribution is 0.0601. The van der Waals surface area contributed by atoms with Gasteiger partial charge in [-0.25, -0.2) is 9.18 Å². The van der Waals surface area contributed by atoms with Gasteiger partial charge in [0.25, 0.3) is 0 Å². The number of carbonyl (C=O) groups is 1. The molecule has 1 aliphatic heterocycles. The molecule has 3 aromatic rings. The summed E-state index contributed by atoms with van der Waals surface area (Å²) in [7, 11) is 1.29. The molecule has 1 aliphatic rings. The summed E-state index contributed by atoms with van der Waals surface area (Å²) in [5.74, 6) is -0.295. The van der Waals surface area contributed by atoms with Crippen molar-refractivity contribution < 1.29 is 23.8 Å². The highest BCUT2D eigenvalue weighted by Gasteiger charge is 2.24. The largest absolute Gasteiger partial charge is 0.508 e. The monoisotopic (exact) mass is 350 g/mol. The number of aromatic hydroxyl groups is 1. The van der Waals surface area contributed by atoms with Gasteiger partial charge in [0.2, 0.25) is 0 Å². The molecular weight excluding hydrogens is 335 g/mol. The third-order valence-corrected chi connectivity index (χ3v) is 4.45. The number of hydrogen-bond donors (Lipinski definition) is 1. The Labute approximate surface area is 149 Å². The molecule has 4 nitrogen and oxygen atoms in total. The van der Waals surface area contributed by atoms with Crippen LogP contribution in [0.15, 0.2) is 54.6 Å². The van der Waals surface area contributed by atoms with Crippen LogP contribution in [0.2, 0.25) is 0 Å². The Morgan fingerprint density at radius 1 is 1.04 bits per heavy atom. The summed E-state index contributed by atoms with van der Waals surface area (Å²) in [5, 5.41) is 9.67. The second kappa shape index (κ2) is 6.19. The highest BCUT2D eigenvalue weighted by atomic mass is 19.1. The van der Waals surface area contributed by atoms with Crippen LogP contribution in [-0.2, 0) is 11.3 Å². The van der Waals surface area contributed by atoms with E-state index >= 15 is 0 Å². The fraction of sp³-hybridized carbons (Fsp3) is 0.0952. The Morgan fingerprint density at radius 3 is 2.62 bits per heavy atom. The fourth-order valence-corrected chi connectivity index (χ4v) is 3.21. The van der Waals surface area contributed by atoms with Gasteiger partial charge in [-0.15, -0.1) is 0 Å². The molecule has 0 radical (unpaired) electrons. The highest BCUT2D eigenvalue weighted by Crippen LogP contribution is 2.43. The molecule has 1 N–H and O–H groups in total. The lowest BCUT2D eigenvalue weighted by Crippen LogP contribution is -2.10. The average Bonchev–Trinajstić information content (AvgIpc) is 2.66. The van der Waals surface area contributed by atoms with E-state index in [4.69, 9.17) is 9.47 Å². The van der Waals surface area contributed by atoms with Crippen molar-refractivity contribution in [1.29, 1.82) is 0 Å². The van der Waals surface area contributed by atoms with Gasteiger partial charge in [-0.2, -0.15) is 0 Å². The number of carbonyl (C=O) groups excluding carboxylic acids is 1. The van der Waals surface area contributed by atoms with Gasteiger partial charge in [0, 0.05) is 22.3 Å². The van der Waals surface area contributed by atoms with E-state index in [0.717, 1.165) is 11.1 Å². The molecule has 4 rings (SSSR count). The summed E-state index contributed by atoms with van der Waals surface area (Å²) in [5.41, 5.74) is 3.33. The minimum Gasteiger partial charge on any atom is -0.508 e. The predicted molar refractivity (Wildman–Crippen MR) is 94.6 cm³/mol. The molecule has 0 atom stereocenters. The number of hydrogen-bond acceptors (Lipinski definition) is 4. The van der Waals surface area contributed by atoms with E-state index in [1.165, 1.54) is 13.2 Å². The van der Waals surface area contributed by atoms with Gasteiger partial charge in [0.15, 0.2) is 0 Å². The molecule has 0 saturated carbocycles. The Morgan fingerprint density at radius 2 is 1.85 bits per heavy atom. The quantitative estimate of drug-likeness (QED) is 0.689. The molecule has 0 saturated heterocycles. The van der Waals surface area contributed by atoms with Crippen molar-refractivity contribution >= 4 is 5.97 Å². The zero-order chi connectivity index (χ0) is 18.3. The van der Waals surface area contributed by atoms with Crippen LogP contribution >= 0.6 is 0 Å². The fourth-order valence-electron chi connectivity index (χ4n) is 3.21. The first-order valence-electron chi connectivity index (χ1n) is 8.05. The average molecular weight is 350 g/mol. The first-order chi connectivity index (χ1) is 12.6. The number of halogens is 1. The molecule has 3 aromatic carbocycles. The number of ether oxygens (including phenoxy) is 2. The molecule has 1 heterocycles. The maximum Gasteiger partial charge on any atom is 0.338 e. The highest BCUT2D eigenvalue weighted by molar-refractivity contribution is 6.00. The van der Waals surface area contributed by atoms with Gasteiger partial charge in [0.05, 0.1) is 12.7 Å². The van der Waals surface area contributed by atoms with Crippen molar-refractivity contribution in [3.05, 3.63) is 71.5 Å². The van der Waals surface area contributed by atoms with Gasteiger partial charge in [-0.05, 0) is 35.9 Å². The molecule has 26 heavy (non-hydrogen) atoms. The first-order valence-corrected chi connectivity index (χ1v) is 8.05. The molecule has 0 unspecified atom stereocenters. The van der Waals surface area contributed by atoms with Crippen LogP contribution in [-0.4, -0.2) is 18.2 Å². The normalized spacial score (nSPS) is 11.9. The van der Waals surface area contributed by atoms with E-state index in [1.54, 1.807) is 48.5 Å². The summed E-state index contributed by atoms with van der Waals surface area (Å²) in [6.07, 6.45) is 0. The summed E-state index contributed by atoms with van der Waals surface area (Å²) in [4.78, 5) is 12.3. The number of esters is 1. The van der Waals surface area contributed by atoms with Crippen LogP contribution in [0.5, 0.6) is 11.5 Å². The smallest absolute Gasteiger partial charge is 0.338 e. The predicted octanol–water partition coefficient (Wildman–Crippen LogP) is 4.54. The van der Waals surface area contributed by atoms with Crippen molar-refractivity contribution in [2.75, 3.05) is 7.11 Å². The van der Waals surface area contributed by atoms with E-state index in [-0.39, 0.29) is 17.9 Å². The van der Waals surface area contributed by atoms with Crippen LogP contribution in [0.4, 0.5) is 4.39 Å². The summed E-state index contributed by atoms with van der Waals surface area (Å²) >= 11 is 0. The maximum atomic E-state index is 14.3. The van der Waals surface area contributed by atoms with E-state index in [1.807, 2.05) is 0 Å². The van der Waals surface area contributed by atoms with E-state index in [0.29, 0.717) is 22.4 Å². The molecule has 0 spiro atoms. The Kier molecular flexibility index (Phi) is 3.84. The number of rotatable bonds is 2. The number of phenolic OH excluding ortho intramolecular Hbond substituents is 1. The van der Waals surface area contributed by atoms with Gasteiger partial charge >= 0.3 is 5.97 Å². The molecule has 0 fully saturated rings. The van der Waals surface area contributed by atoms with Crippen LogP contribution in [0.1, 0.15) is 15.9 Å². The van der Waals surface area contributed by atoms with Crippen LogP contribution in [0, 0.1) is 5.82 Å². The lowest BCUT2D eigenvalue weighted by atomic mass is 9.90. The second-order valence-electron chi connectivity index (χ2n) is 6.00. The maximum absolute atomic E-state index is 14.3. The summed E-state index contributed by atoms with van der Waals surface area (Å²) < 4.78 is 25.0. The molecule has 0 aromatic heterocycles. The number of methoxy groups -OCH3 is 1. The van der Waals surface area contributed by atoms with Gasteiger partial charge in [-0.1, -0.05) is 24.3 Å². The van der Waals surface area contributed by atoms with Crippen LogP contribution < -0.4 is 4.74 Å². The summed E-state index contributed by atoms with van der Waals surface area (Å²) in [6.45, 7) is 0.283. The number of phenols is 1. The molecule has 0 amide bonds. The second-order valence-corrected chi connectivity index (χ2v) is 6.00. The lowest BCUT2D eigenvalue weighted by Gasteiger charge is -2.23. The van der Waals surface area contributed by atoms with E-state index < -0.39 is 11.8 Å². The van der Waals surface area contributed by atoms with Crippen molar-refractivity contribution in [2.24, 2.45) is 0 Å². The van der Waals surface area contributed by atoms with Crippen molar-refractivity contribution in [1.82, 2.24) is 0 Å². The molecular formula is C21H15FO4. The molecule has 0 aliphatic carbocycles. The third kappa shape index (κ3) is 2.58. The Bertz CT molecular complexity index is 1030. The molecule has 130 valence electrons. The summed E-state index contributed by atoms with van der Waals surface area (Å²) in [6, 6.07) is 14.5. The van der Waals surface area contributed by atoms with Crippen LogP contribution in [0.25, 0.3) is 22.3 Å². The Hall–Kier alpha value is -3.34. The van der Waals surface area contributed by atoms with Crippen LogP contribution in [0.3, 0.4) is 0 Å². The SMILES string of the molecule is COC(=O)c1cc2c(cc1-c1ccccc1F)OCc1cc(O)ccc1-2. The standard InChI is InChI=1S/C21H15FO4/c1-25-21(24)18-9-17-14-7-6-13(23)8-12(14)11-26-20(17)10-16(18)15-4-2-3-5-19(15)22/h2-10,23H,11H2,1H3. The zero-order valence-electron chi connectivity index (χ0n) is 14.0. The van der Waals surface area contributed by atoms with Gasteiger partial charge in [-0.3, -0.25) is 0 Å². The first kappa shape index (κ1) is 16.1. The minimum atomic E-state index is -0.558. The van der Waals surface area contributed by atoms with Crippen molar-refractivity contribution in [3.8, 4) is 33.8 Å². The Balaban J connectivity index is 1.97. The zero-order valence-corrected chi connectivity index (χ0v) is 14.0. The molecule has 0 bridgehead atoms. The van der Waals surface area contributed by atoms with Gasteiger partial charge in [0.1, 0.15) is 23.9 Å². The minimum absolute atomic E-state index is 0.145. The van der Waals surface area contributed by atoms with Crippen molar-refractivity contribution in [2.45, 2.75) is 6.61 Å². The van der Waals surface area contributed by atoms with Gasteiger partial charge < -0.3 is 14.6 Å². The number of fused-ring (bicyclic) bond motifs is 3. The van der Waals surface area contributed by atoms with Crippen molar-refractivity contribution in [3.63, 3.8) is 0 Å². The third-order valence-electron chi connectivity index (χ3n) is 4.45. The van der Waals surface area contributed by atoms with E-state index in [2.05, 4.69) is 0 Å². The number of benzene rings is 3. The molecule has 5 heteroatoms. The topological polar surface area (TPSA) is 55.8 Å². The van der Waals surface area contributed by atoms with E-state index in [9.17, 15) is 14.3 Å².